The van der Waals surface area contributed by atoms with Gasteiger partial charge in [0, 0.05) is 38.1 Å². The van der Waals surface area contributed by atoms with Gasteiger partial charge in [-0.25, -0.2) is 12.7 Å². The zero-order valence-corrected chi connectivity index (χ0v) is 16.0. The summed E-state index contributed by atoms with van der Waals surface area (Å²) in [5, 5.41) is 10.7. The Morgan fingerprint density at radius 3 is 2.68 bits per heavy atom. The lowest BCUT2D eigenvalue weighted by molar-refractivity contribution is -0.132. The molecule has 9 heteroatoms. The third-order valence-corrected chi connectivity index (χ3v) is 6.43. The molecule has 0 saturated carbocycles. The van der Waals surface area contributed by atoms with E-state index in [4.69, 9.17) is 16.3 Å². The molecule has 0 spiro atoms. The summed E-state index contributed by atoms with van der Waals surface area (Å²) in [5.74, 6) is -0.432. The summed E-state index contributed by atoms with van der Waals surface area (Å²) >= 11 is 5.88. The Hall–Kier alpha value is -1.35. The molecule has 1 amide bonds. The summed E-state index contributed by atoms with van der Waals surface area (Å²) in [6.45, 7) is 1.95. The van der Waals surface area contributed by atoms with Crippen LogP contribution in [0.2, 0.25) is 5.02 Å². The Labute approximate surface area is 153 Å². The van der Waals surface area contributed by atoms with E-state index >= 15 is 0 Å². The molecule has 1 aliphatic heterocycles. The number of benzene rings is 1. The summed E-state index contributed by atoms with van der Waals surface area (Å²) in [5.41, 5.74) is 0.816. The third kappa shape index (κ3) is 5.07. The number of hydrogen-bond donors (Lipinski definition) is 1. The standard InChI is InChI=1S/C16H23ClN2O5S/c1-11-6-13(17)4-5-15(11)24-9-16(21)19-7-12(14(20)8-19)10-25(22,23)18(2)3/h4-6,12,14,20H,7-10H2,1-3H3/t12-,14-/m0/s1. The van der Waals surface area contributed by atoms with Gasteiger partial charge in [0.25, 0.3) is 5.91 Å². The van der Waals surface area contributed by atoms with Gasteiger partial charge in [0.15, 0.2) is 6.61 Å². The molecule has 1 N–H and O–H groups in total. The average molecular weight is 391 g/mol. The van der Waals surface area contributed by atoms with Crippen molar-refractivity contribution in [1.29, 1.82) is 0 Å². The maximum Gasteiger partial charge on any atom is 0.260 e. The molecule has 0 unspecified atom stereocenters. The molecule has 1 aromatic rings. The van der Waals surface area contributed by atoms with Gasteiger partial charge in [-0.05, 0) is 30.7 Å². The SMILES string of the molecule is Cc1cc(Cl)ccc1OCC(=O)N1C[C@@H](CS(=O)(=O)N(C)C)[C@@H](O)C1. The Morgan fingerprint density at radius 1 is 1.40 bits per heavy atom. The summed E-state index contributed by atoms with van der Waals surface area (Å²) < 4.78 is 30.6. The summed E-state index contributed by atoms with van der Waals surface area (Å²) in [7, 11) is -0.544. The highest BCUT2D eigenvalue weighted by Crippen LogP contribution is 2.23. The van der Waals surface area contributed by atoms with Crippen LogP contribution in [0.1, 0.15) is 5.56 Å². The second kappa shape index (κ2) is 7.90. The number of β-amino-alcohol motifs (C(OH)–C–C–N with tert-alkyl or cyclic N) is 1. The van der Waals surface area contributed by atoms with Crippen molar-refractivity contribution in [2.75, 3.05) is 39.5 Å². The van der Waals surface area contributed by atoms with E-state index < -0.39 is 22.0 Å². The molecule has 1 heterocycles. The number of carbonyl (C=O) groups is 1. The van der Waals surface area contributed by atoms with E-state index in [-0.39, 0.29) is 31.4 Å². The number of aryl methyl sites for hydroxylation is 1. The van der Waals surface area contributed by atoms with E-state index in [1.807, 2.05) is 6.92 Å². The van der Waals surface area contributed by atoms with Gasteiger partial charge in [-0.3, -0.25) is 4.79 Å². The lowest BCUT2D eigenvalue weighted by Gasteiger charge is -2.18. The van der Waals surface area contributed by atoms with Crippen LogP contribution in [0, 0.1) is 12.8 Å². The van der Waals surface area contributed by atoms with Crippen molar-refractivity contribution in [3.63, 3.8) is 0 Å². The monoisotopic (exact) mass is 390 g/mol. The van der Waals surface area contributed by atoms with Gasteiger partial charge in [-0.15, -0.1) is 0 Å². The van der Waals surface area contributed by atoms with Crippen molar-refractivity contribution in [2.24, 2.45) is 5.92 Å². The Kier molecular flexibility index (Phi) is 6.31. The zero-order chi connectivity index (χ0) is 18.8. The van der Waals surface area contributed by atoms with Crippen LogP contribution < -0.4 is 4.74 Å². The molecule has 1 fully saturated rings. The fraction of sp³-hybridized carbons (Fsp3) is 0.562. The topological polar surface area (TPSA) is 87.2 Å². The number of halogens is 1. The van der Waals surface area contributed by atoms with Crippen LogP contribution in [0.4, 0.5) is 0 Å². The first-order valence-corrected chi connectivity index (χ1v) is 9.84. The van der Waals surface area contributed by atoms with Crippen LogP contribution in [0.3, 0.4) is 0 Å². The average Bonchev–Trinajstić information content (AvgIpc) is 2.86. The predicted molar refractivity (Wildman–Crippen MR) is 95.2 cm³/mol. The van der Waals surface area contributed by atoms with Crippen molar-refractivity contribution in [1.82, 2.24) is 9.21 Å². The normalized spacial score (nSPS) is 21.0. The molecule has 7 nitrogen and oxygen atoms in total. The Bertz CT molecular complexity index is 738. The second-order valence-electron chi connectivity index (χ2n) is 6.39. The molecule has 0 bridgehead atoms. The van der Waals surface area contributed by atoms with E-state index in [1.54, 1.807) is 18.2 Å². The van der Waals surface area contributed by atoms with E-state index in [2.05, 4.69) is 0 Å². The minimum atomic E-state index is -3.44. The molecular formula is C16H23ClN2O5S. The molecule has 2 rings (SSSR count). The fourth-order valence-corrected chi connectivity index (χ4v) is 4.04. The van der Waals surface area contributed by atoms with Crippen molar-refractivity contribution in [3.05, 3.63) is 28.8 Å². The highest BCUT2D eigenvalue weighted by Gasteiger charge is 2.37. The maximum atomic E-state index is 12.3. The number of aliphatic hydroxyl groups is 1. The van der Waals surface area contributed by atoms with Gasteiger partial charge in [-0.1, -0.05) is 11.6 Å². The van der Waals surface area contributed by atoms with Crippen molar-refractivity contribution in [2.45, 2.75) is 13.0 Å². The summed E-state index contributed by atoms with van der Waals surface area (Å²) in [6, 6.07) is 5.11. The lowest BCUT2D eigenvalue weighted by Crippen LogP contribution is -2.35. The quantitative estimate of drug-likeness (QED) is 0.774. The van der Waals surface area contributed by atoms with Crippen molar-refractivity contribution < 1.29 is 23.1 Å². The molecule has 140 valence electrons. The van der Waals surface area contributed by atoms with Crippen molar-refractivity contribution >= 4 is 27.5 Å². The number of amides is 1. The van der Waals surface area contributed by atoms with Crippen LogP contribution >= 0.6 is 11.6 Å². The van der Waals surface area contributed by atoms with Gasteiger partial charge in [0.05, 0.1) is 11.9 Å². The van der Waals surface area contributed by atoms with E-state index in [0.29, 0.717) is 10.8 Å². The van der Waals surface area contributed by atoms with Gasteiger partial charge < -0.3 is 14.7 Å². The number of likely N-dealkylation sites (tertiary alicyclic amines) is 1. The van der Waals surface area contributed by atoms with Crippen LogP contribution in [-0.2, 0) is 14.8 Å². The Morgan fingerprint density at radius 2 is 2.08 bits per heavy atom. The Balaban J connectivity index is 1.93. The van der Waals surface area contributed by atoms with Crippen LogP contribution in [0.15, 0.2) is 18.2 Å². The number of ether oxygens (including phenoxy) is 1. The number of carbonyl (C=O) groups excluding carboxylic acids is 1. The van der Waals surface area contributed by atoms with Gasteiger partial charge in [-0.2, -0.15) is 0 Å². The molecule has 0 radical (unpaired) electrons. The molecule has 0 aliphatic carbocycles. The van der Waals surface area contributed by atoms with Crippen LogP contribution in [0.25, 0.3) is 0 Å². The minimum absolute atomic E-state index is 0.107. The molecule has 2 atom stereocenters. The highest BCUT2D eigenvalue weighted by atomic mass is 35.5. The third-order valence-electron chi connectivity index (χ3n) is 4.23. The smallest absolute Gasteiger partial charge is 0.260 e. The summed E-state index contributed by atoms with van der Waals surface area (Å²) in [6.07, 6.45) is -0.865. The van der Waals surface area contributed by atoms with Crippen LogP contribution in [-0.4, -0.2) is 74.3 Å². The van der Waals surface area contributed by atoms with E-state index in [9.17, 15) is 18.3 Å². The predicted octanol–water partition coefficient (Wildman–Crippen LogP) is 0.738. The number of aliphatic hydroxyl groups excluding tert-OH is 1. The fourth-order valence-electron chi connectivity index (χ4n) is 2.65. The highest BCUT2D eigenvalue weighted by molar-refractivity contribution is 7.89. The zero-order valence-electron chi connectivity index (χ0n) is 14.5. The molecule has 0 aromatic heterocycles. The lowest BCUT2D eigenvalue weighted by atomic mass is 10.1. The van der Waals surface area contributed by atoms with Gasteiger partial charge in [0.1, 0.15) is 5.75 Å². The first-order chi connectivity index (χ1) is 11.6. The first kappa shape index (κ1) is 20.0. The molecular weight excluding hydrogens is 368 g/mol. The van der Waals surface area contributed by atoms with Gasteiger partial charge in [0.2, 0.25) is 10.0 Å². The van der Waals surface area contributed by atoms with E-state index in [0.717, 1.165) is 9.87 Å². The van der Waals surface area contributed by atoms with Crippen molar-refractivity contribution in [3.8, 4) is 5.75 Å². The van der Waals surface area contributed by atoms with Crippen LogP contribution in [0.5, 0.6) is 5.75 Å². The molecule has 1 saturated heterocycles. The number of hydrogen-bond acceptors (Lipinski definition) is 5. The number of nitrogens with zero attached hydrogens (tertiary/aromatic N) is 2. The number of sulfonamides is 1. The second-order valence-corrected chi connectivity index (χ2v) is 9.05. The largest absolute Gasteiger partial charge is 0.483 e. The first-order valence-electron chi connectivity index (χ1n) is 7.85. The summed E-state index contributed by atoms with van der Waals surface area (Å²) in [4.78, 5) is 13.7. The minimum Gasteiger partial charge on any atom is -0.483 e. The molecule has 1 aromatic carbocycles. The maximum absolute atomic E-state index is 12.3. The van der Waals surface area contributed by atoms with E-state index in [1.165, 1.54) is 19.0 Å². The van der Waals surface area contributed by atoms with Gasteiger partial charge >= 0.3 is 0 Å². The molecule has 25 heavy (non-hydrogen) atoms. The number of rotatable bonds is 6. The molecule has 1 aliphatic rings.